The van der Waals surface area contributed by atoms with Crippen LogP contribution in [-0.2, 0) is 28.6 Å². The van der Waals surface area contributed by atoms with Crippen LogP contribution in [0.5, 0.6) is 0 Å². The highest BCUT2D eigenvalue weighted by Crippen LogP contribution is 2.12. The summed E-state index contributed by atoms with van der Waals surface area (Å²) in [5.74, 6) is -1.52. The molecule has 0 fully saturated rings. The number of allylic oxidation sites excluding steroid dienone is 10. The minimum Gasteiger partial charge on any atom is -0.477 e. The van der Waals surface area contributed by atoms with Gasteiger partial charge in [-0.15, -0.1) is 0 Å². The van der Waals surface area contributed by atoms with Gasteiger partial charge >= 0.3 is 17.9 Å². The van der Waals surface area contributed by atoms with Gasteiger partial charge in [-0.3, -0.25) is 9.59 Å². The van der Waals surface area contributed by atoms with Crippen LogP contribution in [0.2, 0.25) is 0 Å². The van der Waals surface area contributed by atoms with Crippen molar-refractivity contribution >= 4 is 17.9 Å². The summed E-state index contributed by atoms with van der Waals surface area (Å²) in [6, 6.07) is -0.620. The van der Waals surface area contributed by atoms with Crippen LogP contribution in [0.25, 0.3) is 0 Å². The van der Waals surface area contributed by atoms with Gasteiger partial charge in [0.15, 0.2) is 12.1 Å². The van der Waals surface area contributed by atoms with Crippen molar-refractivity contribution in [1.82, 2.24) is 0 Å². The number of rotatable bonds is 34. The molecule has 0 saturated heterocycles. The maximum absolute atomic E-state index is 12.6. The average molecular weight is 717 g/mol. The largest absolute Gasteiger partial charge is 0.477 e. The Labute approximate surface area is 311 Å². The van der Waals surface area contributed by atoms with E-state index in [4.69, 9.17) is 14.2 Å². The van der Waals surface area contributed by atoms with Crippen LogP contribution in [0.1, 0.15) is 142 Å². The number of carbonyl (C=O) groups excluding carboxylic acids is 2. The van der Waals surface area contributed by atoms with Crippen LogP contribution in [0.3, 0.4) is 0 Å². The minimum atomic E-state index is -0.884. The van der Waals surface area contributed by atoms with E-state index in [-0.39, 0.29) is 42.7 Å². The van der Waals surface area contributed by atoms with Gasteiger partial charge in [0, 0.05) is 19.3 Å². The standard InChI is InChI=1S/C43H73NO7/c1-6-8-10-12-14-16-17-18-19-20-21-22-23-24-25-26-28-30-32-34-42(46)51-39(37-49-36-35-40(43(47)48)44(3,4)5)38-50-41(45)33-31-29-27-15-13-11-9-7-2/h8,10,14,16,18-19,21-22,24-25,39-40H,6-7,9,11-13,15,17,20,23,26-38H2,1-5H3/p+1/b10-8-,16-14-,19-18-,22-21-,25-24-. The third-order valence-corrected chi connectivity index (χ3v) is 8.43. The number of aliphatic carboxylic acids is 1. The molecular weight excluding hydrogens is 642 g/mol. The molecule has 0 bridgehead atoms. The van der Waals surface area contributed by atoms with E-state index in [1.54, 1.807) is 0 Å². The highest BCUT2D eigenvalue weighted by Gasteiger charge is 2.31. The van der Waals surface area contributed by atoms with Crippen molar-refractivity contribution in [1.29, 1.82) is 0 Å². The summed E-state index contributed by atoms with van der Waals surface area (Å²) in [5.41, 5.74) is 0. The fourth-order valence-electron chi connectivity index (χ4n) is 5.35. The van der Waals surface area contributed by atoms with Crippen molar-refractivity contribution < 1.29 is 38.2 Å². The Morgan fingerprint density at radius 1 is 0.608 bits per heavy atom. The Morgan fingerprint density at radius 3 is 1.63 bits per heavy atom. The molecule has 0 aromatic carbocycles. The molecule has 0 aliphatic rings. The van der Waals surface area contributed by atoms with Gasteiger partial charge in [0.25, 0.3) is 0 Å². The van der Waals surface area contributed by atoms with Crippen LogP contribution >= 0.6 is 0 Å². The smallest absolute Gasteiger partial charge is 0.362 e. The average Bonchev–Trinajstić information content (AvgIpc) is 3.08. The predicted molar refractivity (Wildman–Crippen MR) is 211 cm³/mol. The van der Waals surface area contributed by atoms with Crippen LogP contribution < -0.4 is 0 Å². The molecule has 2 unspecified atom stereocenters. The zero-order valence-corrected chi connectivity index (χ0v) is 33.0. The molecule has 0 aliphatic carbocycles. The molecule has 2 atom stereocenters. The lowest BCUT2D eigenvalue weighted by Gasteiger charge is -2.31. The molecular formula is C43H74NO7+. The van der Waals surface area contributed by atoms with Crippen molar-refractivity contribution in [3.05, 3.63) is 60.8 Å². The monoisotopic (exact) mass is 717 g/mol. The predicted octanol–water partition coefficient (Wildman–Crippen LogP) is 10.2. The van der Waals surface area contributed by atoms with Gasteiger partial charge in [-0.1, -0.05) is 126 Å². The van der Waals surface area contributed by atoms with Gasteiger partial charge in [0.2, 0.25) is 0 Å². The molecule has 292 valence electrons. The molecule has 0 amide bonds. The summed E-state index contributed by atoms with van der Waals surface area (Å²) >= 11 is 0. The SMILES string of the molecule is CC/C=C\C/C=C\C/C=C\C/C=C\C/C=C\CCCCCC(=O)OC(COCCC(C(=O)O)[N+](C)(C)C)COC(=O)CCCCCCCCCC. The molecule has 8 heteroatoms. The number of unbranched alkanes of at least 4 members (excludes halogenated alkanes) is 10. The second-order valence-corrected chi connectivity index (χ2v) is 14.2. The molecule has 8 nitrogen and oxygen atoms in total. The first-order valence-corrected chi connectivity index (χ1v) is 19.8. The van der Waals surface area contributed by atoms with Crippen molar-refractivity contribution in [2.45, 2.75) is 154 Å². The number of esters is 2. The maximum atomic E-state index is 12.6. The number of carboxylic acid groups (broad SMARTS) is 1. The number of ether oxygens (including phenoxy) is 3. The first-order valence-electron chi connectivity index (χ1n) is 19.8. The number of quaternary nitrogens is 1. The normalized spacial score (nSPS) is 13.7. The third kappa shape index (κ3) is 32.7. The third-order valence-electron chi connectivity index (χ3n) is 8.43. The first kappa shape index (κ1) is 48.0. The Bertz CT molecular complexity index is 1020. The van der Waals surface area contributed by atoms with Crippen molar-refractivity contribution in [2.24, 2.45) is 0 Å². The molecule has 0 aromatic rings. The molecule has 0 aliphatic heterocycles. The second-order valence-electron chi connectivity index (χ2n) is 14.2. The van der Waals surface area contributed by atoms with Gasteiger partial charge < -0.3 is 23.8 Å². The Balaban J connectivity index is 4.43. The van der Waals surface area contributed by atoms with E-state index in [2.05, 4.69) is 74.6 Å². The number of likely N-dealkylation sites (N-methyl/N-ethyl adjacent to an activating group) is 1. The summed E-state index contributed by atoms with van der Waals surface area (Å²) < 4.78 is 17.1. The topological polar surface area (TPSA) is 99.1 Å². The van der Waals surface area contributed by atoms with E-state index in [0.29, 0.717) is 12.8 Å². The lowest BCUT2D eigenvalue weighted by Crippen LogP contribution is -2.50. The summed E-state index contributed by atoms with van der Waals surface area (Å²) in [6.07, 6.45) is 39.9. The summed E-state index contributed by atoms with van der Waals surface area (Å²) in [4.78, 5) is 36.7. The van der Waals surface area contributed by atoms with Crippen LogP contribution in [0.15, 0.2) is 60.8 Å². The van der Waals surface area contributed by atoms with Crippen LogP contribution in [0.4, 0.5) is 0 Å². The zero-order chi connectivity index (χ0) is 37.8. The zero-order valence-electron chi connectivity index (χ0n) is 33.0. The number of nitrogens with zero attached hydrogens (tertiary/aromatic N) is 1. The van der Waals surface area contributed by atoms with Gasteiger partial charge in [0.05, 0.1) is 34.4 Å². The highest BCUT2D eigenvalue weighted by molar-refractivity contribution is 5.72. The van der Waals surface area contributed by atoms with Gasteiger partial charge in [0.1, 0.15) is 6.61 Å². The molecule has 0 aromatic heterocycles. The van der Waals surface area contributed by atoms with Crippen molar-refractivity contribution in [3.8, 4) is 0 Å². The quantitative estimate of drug-likeness (QED) is 0.0306. The molecule has 0 heterocycles. The first-order chi connectivity index (χ1) is 24.6. The van der Waals surface area contributed by atoms with Crippen molar-refractivity contribution in [3.63, 3.8) is 0 Å². The number of carboxylic acids is 1. The molecule has 0 radical (unpaired) electrons. The highest BCUT2D eigenvalue weighted by atomic mass is 16.6. The lowest BCUT2D eigenvalue weighted by atomic mass is 10.1. The number of hydrogen-bond donors (Lipinski definition) is 1. The van der Waals surface area contributed by atoms with E-state index >= 15 is 0 Å². The second kappa shape index (κ2) is 34.1. The summed E-state index contributed by atoms with van der Waals surface area (Å²) in [7, 11) is 5.50. The maximum Gasteiger partial charge on any atom is 0.362 e. The Hall–Kier alpha value is -2.97. The van der Waals surface area contributed by atoms with E-state index in [0.717, 1.165) is 77.0 Å². The fraction of sp³-hybridized carbons (Fsp3) is 0.698. The molecule has 1 N–H and O–H groups in total. The molecule has 0 saturated carbocycles. The number of hydrogen-bond acceptors (Lipinski definition) is 6. The minimum absolute atomic E-state index is 0.0460. The van der Waals surface area contributed by atoms with Gasteiger partial charge in [-0.2, -0.15) is 0 Å². The van der Waals surface area contributed by atoms with Crippen LogP contribution in [-0.4, -0.2) is 80.6 Å². The number of carbonyl (C=O) groups is 3. The lowest BCUT2D eigenvalue weighted by molar-refractivity contribution is -0.887. The van der Waals surface area contributed by atoms with E-state index < -0.39 is 18.1 Å². The Kier molecular flexibility index (Phi) is 32.1. The van der Waals surface area contributed by atoms with Gasteiger partial charge in [-0.25, -0.2) is 4.79 Å². The molecule has 0 rings (SSSR count). The van der Waals surface area contributed by atoms with E-state index in [1.165, 1.54) is 32.1 Å². The summed E-state index contributed by atoms with van der Waals surface area (Å²) in [6.45, 7) is 4.53. The summed E-state index contributed by atoms with van der Waals surface area (Å²) in [5, 5.41) is 9.58. The van der Waals surface area contributed by atoms with Crippen molar-refractivity contribution in [2.75, 3.05) is 41.0 Å². The van der Waals surface area contributed by atoms with Crippen LogP contribution in [0, 0.1) is 0 Å². The van der Waals surface area contributed by atoms with E-state index in [9.17, 15) is 19.5 Å². The molecule has 0 spiro atoms. The van der Waals surface area contributed by atoms with E-state index in [1.807, 2.05) is 21.1 Å². The fourth-order valence-corrected chi connectivity index (χ4v) is 5.35. The van der Waals surface area contributed by atoms with Gasteiger partial charge in [-0.05, 0) is 57.8 Å². The Morgan fingerprint density at radius 2 is 1.10 bits per heavy atom. The molecule has 51 heavy (non-hydrogen) atoms.